The number of ether oxygens (including phenoxy) is 1. The summed E-state index contributed by atoms with van der Waals surface area (Å²) in [6, 6.07) is 0. The van der Waals surface area contributed by atoms with Gasteiger partial charge in [-0.1, -0.05) is 6.92 Å². The number of tetrazole rings is 1. The van der Waals surface area contributed by atoms with Crippen LogP contribution in [-0.2, 0) is 20.7 Å². The Morgan fingerprint density at radius 2 is 2.28 bits per heavy atom. The van der Waals surface area contributed by atoms with Gasteiger partial charge in [0.1, 0.15) is 5.60 Å². The third-order valence-corrected chi connectivity index (χ3v) is 4.05. The van der Waals surface area contributed by atoms with E-state index in [1.165, 1.54) is 4.68 Å². The molecule has 1 heterocycles. The smallest absolute Gasteiger partial charge is 0.331 e. The molecule has 7 nitrogen and oxygen atoms in total. The maximum atomic E-state index is 11.5. The van der Waals surface area contributed by atoms with E-state index in [0.29, 0.717) is 25.1 Å². The zero-order chi connectivity index (χ0) is 13.4. The average Bonchev–Trinajstić information content (AvgIpc) is 2.76. The topological polar surface area (TPSA) is 90.1 Å². The Kier molecular flexibility index (Phi) is 3.10. The van der Waals surface area contributed by atoms with E-state index in [0.717, 1.165) is 6.42 Å². The first-order valence-electron chi connectivity index (χ1n) is 6.08. The number of aromatic nitrogens is 4. The number of carboxylic acid groups (broad SMARTS) is 1. The maximum Gasteiger partial charge on any atom is 0.331 e. The van der Waals surface area contributed by atoms with Gasteiger partial charge < -0.3 is 9.84 Å². The van der Waals surface area contributed by atoms with Crippen LogP contribution in [0, 0.1) is 0 Å². The van der Waals surface area contributed by atoms with Gasteiger partial charge in [-0.15, -0.1) is 5.10 Å². The molecule has 2 rings (SSSR count). The molecule has 1 aromatic rings. The van der Waals surface area contributed by atoms with E-state index < -0.39 is 17.1 Å². The van der Waals surface area contributed by atoms with Gasteiger partial charge in [0, 0.05) is 7.11 Å². The first kappa shape index (κ1) is 12.9. The molecule has 0 saturated heterocycles. The monoisotopic (exact) mass is 254 g/mol. The van der Waals surface area contributed by atoms with Gasteiger partial charge in [0.25, 0.3) is 0 Å². The zero-order valence-electron chi connectivity index (χ0n) is 10.9. The third-order valence-electron chi connectivity index (χ3n) is 4.05. The summed E-state index contributed by atoms with van der Waals surface area (Å²) >= 11 is 0. The van der Waals surface area contributed by atoms with Crippen LogP contribution in [0.15, 0.2) is 0 Å². The summed E-state index contributed by atoms with van der Waals surface area (Å²) in [6.07, 6.45) is 2.66. The highest BCUT2D eigenvalue weighted by molar-refractivity contribution is 5.77. The van der Waals surface area contributed by atoms with E-state index in [1.54, 1.807) is 7.11 Å². The van der Waals surface area contributed by atoms with E-state index in [-0.39, 0.29) is 0 Å². The summed E-state index contributed by atoms with van der Waals surface area (Å²) in [5.41, 5.74) is -1.66. The van der Waals surface area contributed by atoms with Crippen molar-refractivity contribution in [2.75, 3.05) is 7.11 Å². The molecule has 1 aliphatic carbocycles. The Balaban J connectivity index is 2.48. The number of hydrogen-bond donors (Lipinski definition) is 1. The van der Waals surface area contributed by atoms with E-state index in [9.17, 15) is 9.90 Å². The predicted molar refractivity (Wildman–Crippen MR) is 61.9 cm³/mol. The fourth-order valence-electron chi connectivity index (χ4n) is 2.23. The molecule has 0 amide bonds. The van der Waals surface area contributed by atoms with Crippen LogP contribution in [0.3, 0.4) is 0 Å². The van der Waals surface area contributed by atoms with Crippen LogP contribution in [-0.4, -0.2) is 38.4 Å². The predicted octanol–water partition coefficient (Wildman–Crippen LogP) is 0.908. The quantitative estimate of drug-likeness (QED) is 0.839. The molecule has 1 aliphatic rings. The molecule has 1 N–H and O–H groups in total. The van der Waals surface area contributed by atoms with Crippen molar-refractivity contribution in [3.8, 4) is 0 Å². The van der Waals surface area contributed by atoms with E-state index in [4.69, 9.17) is 4.74 Å². The highest BCUT2D eigenvalue weighted by Crippen LogP contribution is 2.41. The molecule has 1 aromatic heterocycles. The molecule has 0 spiro atoms. The first-order chi connectivity index (χ1) is 8.50. The van der Waals surface area contributed by atoms with Crippen LogP contribution < -0.4 is 0 Å². The molecule has 1 unspecified atom stereocenters. The summed E-state index contributed by atoms with van der Waals surface area (Å²) in [4.78, 5) is 11.5. The lowest BCUT2D eigenvalue weighted by Gasteiger charge is -2.39. The number of aliphatic carboxylic acids is 1. The second-order valence-electron chi connectivity index (χ2n) is 4.89. The van der Waals surface area contributed by atoms with Crippen LogP contribution in [0.1, 0.15) is 45.4 Å². The summed E-state index contributed by atoms with van der Waals surface area (Å²) in [5, 5.41) is 20.9. The van der Waals surface area contributed by atoms with Gasteiger partial charge >= 0.3 is 5.97 Å². The Morgan fingerprint density at radius 1 is 1.61 bits per heavy atom. The Bertz CT molecular complexity index is 449. The number of carbonyl (C=O) groups is 1. The van der Waals surface area contributed by atoms with Gasteiger partial charge in [-0.05, 0) is 43.0 Å². The first-order valence-corrected chi connectivity index (χ1v) is 6.08. The zero-order valence-corrected chi connectivity index (χ0v) is 10.9. The summed E-state index contributed by atoms with van der Waals surface area (Å²) < 4.78 is 6.90. The summed E-state index contributed by atoms with van der Waals surface area (Å²) in [5.74, 6) is -0.397. The normalized spacial score (nSPS) is 21.1. The molecule has 0 aliphatic heterocycles. The molecule has 0 radical (unpaired) electrons. The van der Waals surface area contributed by atoms with Gasteiger partial charge in [0.2, 0.25) is 0 Å². The van der Waals surface area contributed by atoms with E-state index in [2.05, 4.69) is 15.5 Å². The van der Waals surface area contributed by atoms with Crippen molar-refractivity contribution in [2.45, 2.75) is 50.7 Å². The standard InChI is InChI=1S/C11H18N4O3/c1-4-10(2,18-3)8-12-13-14-15(8)11(9(16)17)6-5-7-11/h4-7H2,1-3H3,(H,16,17). The van der Waals surface area contributed by atoms with Gasteiger partial charge in [-0.3, -0.25) is 0 Å². The van der Waals surface area contributed by atoms with Crippen molar-refractivity contribution in [2.24, 2.45) is 0 Å². The lowest BCUT2D eigenvalue weighted by atomic mass is 9.76. The summed E-state index contributed by atoms with van der Waals surface area (Å²) in [7, 11) is 1.58. The Labute approximate surface area is 105 Å². The number of hydrogen-bond acceptors (Lipinski definition) is 5. The summed E-state index contributed by atoms with van der Waals surface area (Å²) in [6.45, 7) is 3.82. The van der Waals surface area contributed by atoms with Crippen molar-refractivity contribution < 1.29 is 14.6 Å². The molecule has 0 aromatic carbocycles. The number of nitrogens with zero attached hydrogens (tertiary/aromatic N) is 4. The SMILES string of the molecule is CCC(C)(OC)c1nnnn1C1(C(=O)O)CCC1. The van der Waals surface area contributed by atoms with Crippen LogP contribution >= 0.6 is 0 Å². The van der Waals surface area contributed by atoms with Crippen molar-refractivity contribution >= 4 is 5.97 Å². The fraction of sp³-hybridized carbons (Fsp3) is 0.818. The minimum absolute atomic E-state index is 0.481. The molecule has 7 heteroatoms. The highest BCUT2D eigenvalue weighted by atomic mass is 16.5. The fourth-order valence-corrected chi connectivity index (χ4v) is 2.23. The molecule has 1 saturated carbocycles. The van der Waals surface area contributed by atoms with Gasteiger partial charge in [-0.25, -0.2) is 9.48 Å². The third kappa shape index (κ3) is 1.61. The second-order valence-corrected chi connectivity index (χ2v) is 4.89. The largest absolute Gasteiger partial charge is 0.479 e. The van der Waals surface area contributed by atoms with Crippen molar-refractivity contribution in [1.82, 2.24) is 20.2 Å². The number of carboxylic acids is 1. The average molecular weight is 254 g/mol. The van der Waals surface area contributed by atoms with Crippen LogP contribution in [0.4, 0.5) is 0 Å². The van der Waals surface area contributed by atoms with Crippen LogP contribution in [0.5, 0.6) is 0 Å². The van der Waals surface area contributed by atoms with Crippen molar-refractivity contribution in [3.05, 3.63) is 5.82 Å². The minimum atomic E-state index is -0.992. The van der Waals surface area contributed by atoms with Crippen LogP contribution in [0.2, 0.25) is 0 Å². The Morgan fingerprint density at radius 3 is 2.67 bits per heavy atom. The molecular weight excluding hydrogens is 236 g/mol. The molecule has 0 bridgehead atoms. The molecule has 1 atom stereocenters. The number of rotatable bonds is 5. The second kappa shape index (κ2) is 4.31. The van der Waals surface area contributed by atoms with Crippen molar-refractivity contribution in [1.29, 1.82) is 0 Å². The van der Waals surface area contributed by atoms with Gasteiger partial charge in [-0.2, -0.15) is 0 Å². The molecule has 18 heavy (non-hydrogen) atoms. The van der Waals surface area contributed by atoms with Gasteiger partial charge in [0.05, 0.1) is 0 Å². The lowest BCUT2D eigenvalue weighted by Crippen LogP contribution is -2.50. The molecular formula is C11H18N4O3. The highest BCUT2D eigenvalue weighted by Gasteiger charge is 2.51. The molecule has 100 valence electrons. The van der Waals surface area contributed by atoms with Gasteiger partial charge in [0.15, 0.2) is 11.4 Å². The Hall–Kier alpha value is -1.50. The molecule has 1 fully saturated rings. The van der Waals surface area contributed by atoms with E-state index in [1.807, 2.05) is 13.8 Å². The lowest BCUT2D eigenvalue weighted by molar-refractivity contribution is -0.154. The number of methoxy groups -OCH3 is 1. The minimum Gasteiger partial charge on any atom is -0.479 e. The van der Waals surface area contributed by atoms with E-state index >= 15 is 0 Å². The van der Waals surface area contributed by atoms with Crippen molar-refractivity contribution in [3.63, 3.8) is 0 Å². The van der Waals surface area contributed by atoms with Crippen LogP contribution in [0.25, 0.3) is 0 Å². The maximum absolute atomic E-state index is 11.5.